The molecule has 0 aliphatic heterocycles. The minimum atomic E-state index is -1.52. The number of hydrogen-bond acceptors (Lipinski definition) is 5. The number of nitro groups is 2. The fourth-order valence-corrected chi connectivity index (χ4v) is 2.90. The van der Waals surface area contributed by atoms with E-state index in [1.54, 1.807) is 0 Å². The molecule has 0 fully saturated rings. The Labute approximate surface area is 112 Å². The van der Waals surface area contributed by atoms with Gasteiger partial charge in [0, 0.05) is 11.8 Å². The van der Waals surface area contributed by atoms with E-state index in [4.69, 9.17) is 0 Å². The molecule has 19 heavy (non-hydrogen) atoms. The molecule has 1 atom stereocenters. The van der Waals surface area contributed by atoms with Crippen molar-refractivity contribution < 1.29 is 14.1 Å². The van der Waals surface area contributed by atoms with Crippen LogP contribution in [-0.4, -0.2) is 19.8 Å². The lowest BCUT2D eigenvalue weighted by Crippen LogP contribution is -2.05. The van der Waals surface area contributed by atoms with Gasteiger partial charge in [0.05, 0.1) is 26.7 Å². The van der Waals surface area contributed by atoms with Crippen LogP contribution in [-0.2, 0) is 10.8 Å². The lowest BCUT2D eigenvalue weighted by Gasteiger charge is -2.05. The van der Waals surface area contributed by atoms with Gasteiger partial charge in [-0.3, -0.25) is 24.4 Å². The van der Waals surface area contributed by atoms with E-state index >= 15 is 0 Å². The van der Waals surface area contributed by atoms with Gasteiger partial charge in [-0.25, -0.2) is 0 Å². The molecule has 0 N–H and O–H groups in total. The molecule has 0 bridgehead atoms. The fourth-order valence-electron chi connectivity index (χ4n) is 1.41. The lowest BCUT2D eigenvalue weighted by molar-refractivity contribution is -0.396. The minimum absolute atomic E-state index is 0.0382. The fraction of sp³-hybridized carbons (Fsp3) is 0.455. The molecule has 0 aliphatic carbocycles. The molecule has 1 unspecified atom stereocenters. The quantitative estimate of drug-likeness (QED) is 0.590. The number of nitro benzene ring substituents is 2. The maximum Gasteiger partial charge on any atom is 0.292 e. The smallest absolute Gasteiger partial charge is 0.258 e. The number of nitrogens with zero attached hydrogens (tertiary/aromatic N) is 2. The van der Waals surface area contributed by atoms with Crippen LogP contribution < -0.4 is 0 Å². The predicted molar refractivity (Wildman–Crippen MR) is 70.5 cm³/mol. The second-order valence-electron chi connectivity index (χ2n) is 4.40. The summed E-state index contributed by atoms with van der Waals surface area (Å²) in [5.41, 5.74) is -0.840. The molecule has 0 heterocycles. The summed E-state index contributed by atoms with van der Waals surface area (Å²) in [4.78, 5) is 20.0. The summed E-state index contributed by atoms with van der Waals surface area (Å²) in [7, 11) is -1.52. The number of rotatable bonds is 6. The second-order valence-corrected chi connectivity index (χ2v) is 5.94. The molecular formula is C11H14N2O5S. The molecule has 1 rings (SSSR count). The maximum atomic E-state index is 12.0. The molecule has 0 saturated heterocycles. The van der Waals surface area contributed by atoms with E-state index in [0.717, 1.165) is 12.1 Å². The normalized spacial score (nSPS) is 12.4. The van der Waals surface area contributed by atoms with Crippen molar-refractivity contribution in [3.8, 4) is 0 Å². The van der Waals surface area contributed by atoms with Crippen LogP contribution in [0, 0.1) is 26.1 Å². The average Bonchev–Trinajstić information content (AvgIpc) is 2.34. The SMILES string of the molecule is CC(C)CCS(=O)c1ccc([N+](=O)[O-])cc1[N+](=O)[O-]. The number of benzene rings is 1. The van der Waals surface area contributed by atoms with E-state index in [2.05, 4.69) is 0 Å². The van der Waals surface area contributed by atoms with Crippen LogP contribution >= 0.6 is 0 Å². The van der Waals surface area contributed by atoms with Crippen LogP contribution in [0.4, 0.5) is 11.4 Å². The molecule has 0 saturated carbocycles. The summed E-state index contributed by atoms with van der Waals surface area (Å²) in [6.07, 6.45) is 0.667. The Kier molecular flexibility index (Phi) is 5.11. The van der Waals surface area contributed by atoms with E-state index in [1.165, 1.54) is 6.07 Å². The maximum absolute atomic E-state index is 12.0. The Balaban J connectivity index is 3.09. The first-order chi connectivity index (χ1) is 8.82. The first-order valence-electron chi connectivity index (χ1n) is 5.64. The summed E-state index contributed by atoms with van der Waals surface area (Å²) >= 11 is 0. The number of non-ortho nitro benzene ring substituents is 1. The molecule has 0 aliphatic rings. The highest BCUT2D eigenvalue weighted by Gasteiger charge is 2.23. The average molecular weight is 286 g/mol. The van der Waals surface area contributed by atoms with Gasteiger partial charge in [0.15, 0.2) is 0 Å². The molecule has 0 spiro atoms. The standard InChI is InChI=1S/C11H14N2O5S/c1-8(2)5-6-19(18)11-4-3-9(12(14)15)7-10(11)13(16)17/h3-4,7-8H,5-6H2,1-2H3. The van der Waals surface area contributed by atoms with Gasteiger partial charge in [-0.15, -0.1) is 0 Å². The van der Waals surface area contributed by atoms with Crippen molar-refractivity contribution >= 4 is 22.2 Å². The van der Waals surface area contributed by atoms with Gasteiger partial charge >= 0.3 is 0 Å². The van der Waals surface area contributed by atoms with Crippen LogP contribution in [0.2, 0.25) is 0 Å². The van der Waals surface area contributed by atoms with Gasteiger partial charge < -0.3 is 0 Å². The Bertz CT molecular complexity index is 530. The Morgan fingerprint density at radius 1 is 1.21 bits per heavy atom. The predicted octanol–water partition coefficient (Wildman–Crippen LogP) is 2.66. The number of hydrogen-bond donors (Lipinski definition) is 0. The molecule has 0 amide bonds. The van der Waals surface area contributed by atoms with Crippen LogP contribution in [0.1, 0.15) is 20.3 Å². The lowest BCUT2D eigenvalue weighted by atomic mass is 10.2. The van der Waals surface area contributed by atoms with Gasteiger partial charge in [-0.1, -0.05) is 13.8 Å². The van der Waals surface area contributed by atoms with E-state index in [-0.39, 0.29) is 10.6 Å². The van der Waals surface area contributed by atoms with Crippen LogP contribution in [0.25, 0.3) is 0 Å². The van der Waals surface area contributed by atoms with E-state index < -0.39 is 26.3 Å². The zero-order valence-corrected chi connectivity index (χ0v) is 11.4. The van der Waals surface area contributed by atoms with Crippen molar-refractivity contribution in [3.05, 3.63) is 38.4 Å². The van der Waals surface area contributed by atoms with Gasteiger partial charge in [-0.05, 0) is 18.4 Å². The highest BCUT2D eigenvalue weighted by molar-refractivity contribution is 7.85. The minimum Gasteiger partial charge on any atom is -0.258 e. The van der Waals surface area contributed by atoms with Crippen molar-refractivity contribution in [1.29, 1.82) is 0 Å². The zero-order chi connectivity index (χ0) is 14.6. The summed E-state index contributed by atoms with van der Waals surface area (Å²) in [5, 5.41) is 21.5. The largest absolute Gasteiger partial charge is 0.292 e. The van der Waals surface area contributed by atoms with Gasteiger partial charge in [0.25, 0.3) is 11.4 Å². The van der Waals surface area contributed by atoms with Crippen molar-refractivity contribution in [2.45, 2.75) is 25.2 Å². The second kappa shape index (κ2) is 6.37. The molecule has 0 aromatic heterocycles. The van der Waals surface area contributed by atoms with Gasteiger partial charge in [-0.2, -0.15) is 0 Å². The van der Waals surface area contributed by atoms with Crippen LogP contribution in [0.3, 0.4) is 0 Å². The van der Waals surface area contributed by atoms with Crippen molar-refractivity contribution in [3.63, 3.8) is 0 Å². The third-order valence-electron chi connectivity index (χ3n) is 2.48. The molecule has 104 valence electrons. The molecule has 0 radical (unpaired) electrons. The third kappa shape index (κ3) is 4.09. The molecule has 1 aromatic carbocycles. The summed E-state index contributed by atoms with van der Waals surface area (Å²) in [6.45, 7) is 3.92. The molecule has 8 heteroatoms. The summed E-state index contributed by atoms with van der Waals surface area (Å²) < 4.78 is 12.0. The van der Waals surface area contributed by atoms with E-state index in [9.17, 15) is 24.4 Å². The Morgan fingerprint density at radius 3 is 2.32 bits per heavy atom. The van der Waals surface area contributed by atoms with Crippen LogP contribution in [0.5, 0.6) is 0 Å². The third-order valence-corrected chi connectivity index (χ3v) is 3.92. The van der Waals surface area contributed by atoms with E-state index in [1.807, 2.05) is 13.8 Å². The summed E-state index contributed by atoms with van der Waals surface area (Å²) in [5.74, 6) is 0.636. The first kappa shape index (κ1) is 15.2. The highest BCUT2D eigenvalue weighted by atomic mass is 32.2. The molecule has 7 nitrogen and oxygen atoms in total. The topological polar surface area (TPSA) is 103 Å². The summed E-state index contributed by atoms with van der Waals surface area (Å²) in [6, 6.07) is 3.19. The Morgan fingerprint density at radius 2 is 1.84 bits per heavy atom. The van der Waals surface area contributed by atoms with E-state index in [0.29, 0.717) is 18.1 Å². The van der Waals surface area contributed by atoms with Crippen LogP contribution in [0.15, 0.2) is 23.1 Å². The zero-order valence-electron chi connectivity index (χ0n) is 10.6. The Hall–Kier alpha value is -1.83. The highest BCUT2D eigenvalue weighted by Crippen LogP contribution is 2.27. The molecule has 1 aromatic rings. The molecular weight excluding hydrogens is 272 g/mol. The monoisotopic (exact) mass is 286 g/mol. The van der Waals surface area contributed by atoms with Gasteiger partial charge in [0.2, 0.25) is 0 Å². The first-order valence-corrected chi connectivity index (χ1v) is 6.96. The van der Waals surface area contributed by atoms with Crippen molar-refractivity contribution in [2.24, 2.45) is 5.92 Å². The van der Waals surface area contributed by atoms with Gasteiger partial charge in [0.1, 0.15) is 4.90 Å². The van der Waals surface area contributed by atoms with Crippen molar-refractivity contribution in [2.75, 3.05) is 5.75 Å². The van der Waals surface area contributed by atoms with Crippen molar-refractivity contribution in [1.82, 2.24) is 0 Å².